The molecule has 0 aliphatic rings. The van der Waals surface area contributed by atoms with Crippen molar-refractivity contribution in [1.29, 1.82) is 0 Å². The standard InChI is InChI=1S/C14H23NOS/c1-4-14(11-17-3)15(2)9-12-5-7-13(10-16)8-6-12/h5-8,14,16H,4,9-11H2,1-3H3. The van der Waals surface area contributed by atoms with Gasteiger partial charge in [0.25, 0.3) is 0 Å². The van der Waals surface area contributed by atoms with Gasteiger partial charge in [-0.1, -0.05) is 31.2 Å². The average Bonchev–Trinajstić information content (AvgIpc) is 2.36. The molecule has 2 nitrogen and oxygen atoms in total. The van der Waals surface area contributed by atoms with Crippen LogP contribution in [-0.2, 0) is 13.2 Å². The summed E-state index contributed by atoms with van der Waals surface area (Å²) < 4.78 is 0. The van der Waals surface area contributed by atoms with Gasteiger partial charge in [-0.25, -0.2) is 0 Å². The summed E-state index contributed by atoms with van der Waals surface area (Å²) in [5.74, 6) is 1.18. The fourth-order valence-corrected chi connectivity index (χ4v) is 2.79. The molecule has 0 spiro atoms. The minimum absolute atomic E-state index is 0.125. The van der Waals surface area contributed by atoms with Gasteiger partial charge in [0.15, 0.2) is 0 Å². The van der Waals surface area contributed by atoms with Gasteiger partial charge < -0.3 is 5.11 Å². The lowest BCUT2D eigenvalue weighted by atomic mass is 10.1. The second-order valence-corrected chi connectivity index (χ2v) is 5.32. The molecule has 1 rings (SSSR count). The first-order valence-corrected chi connectivity index (χ1v) is 7.48. The third-order valence-corrected chi connectivity index (χ3v) is 3.81. The third-order valence-electron chi connectivity index (χ3n) is 3.09. The van der Waals surface area contributed by atoms with Crippen molar-refractivity contribution >= 4 is 11.8 Å². The molecule has 0 bridgehead atoms. The first-order chi connectivity index (χ1) is 8.21. The molecule has 0 fully saturated rings. The van der Waals surface area contributed by atoms with E-state index in [0.29, 0.717) is 6.04 Å². The number of aliphatic hydroxyl groups is 1. The molecule has 0 aliphatic carbocycles. The molecule has 17 heavy (non-hydrogen) atoms. The zero-order valence-electron chi connectivity index (χ0n) is 11.0. The van der Waals surface area contributed by atoms with Crippen LogP contribution in [0.5, 0.6) is 0 Å². The van der Waals surface area contributed by atoms with Gasteiger partial charge in [-0.05, 0) is 30.9 Å². The predicted molar refractivity (Wildman–Crippen MR) is 76.3 cm³/mol. The molecule has 1 aromatic carbocycles. The number of benzene rings is 1. The number of thioether (sulfide) groups is 1. The Labute approximate surface area is 109 Å². The van der Waals surface area contributed by atoms with E-state index in [4.69, 9.17) is 5.11 Å². The number of rotatable bonds is 7. The Morgan fingerprint density at radius 1 is 1.24 bits per heavy atom. The summed E-state index contributed by atoms with van der Waals surface area (Å²) in [6, 6.07) is 8.85. The maximum atomic E-state index is 8.99. The van der Waals surface area contributed by atoms with Crippen molar-refractivity contribution in [2.75, 3.05) is 19.1 Å². The van der Waals surface area contributed by atoms with Gasteiger partial charge in [0.2, 0.25) is 0 Å². The van der Waals surface area contributed by atoms with Crippen LogP contribution in [0.4, 0.5) is 0 Å². The maximum Gasteiger partial charge on any atom is 0.0681 e. The lowest BCUT2D eigenvalue weighted by Crippen LogP contribution is -2.32. The summed E-state index contributed by atoms with van der Waals surface area (Å²) >= 11 is 1.90. The molecular formula is C14H23NOS. The highest BCUT2D eigenvalue weighted by atomic mass is 32.2. The lowest BCUT2D eigenvalue weighted by molar-refractivity contribution is 0.247. The molecule has 1 atom stereocenters. The zero-order valence-corrected chi connectivity index (χ0v) is 11.8. The summed E-state index contributed by atoms with van der Waals surface area (Å²) in [6.45, 7) is 3.34. The quantitative estimate of drug-likeness (QED) is 0.808. The molecule has 0 aromatic heterocycles. The minimum Gasteiger partial charge on any atom is -0.392 e. The maximum absolute atomic E-state index is 8.99. The van der Waals surface area contributed by atoms with E-state index in [2.05, 4.69) is 37.3 Å². The highest BCUT2D eigenvalue weighted by molar-refractivity contribution is 7.98. The first kappa shape index (κ1) is 14.6. The van der Waals surface area contributed by atoms with E-state index in [-0.39, 0.29) is 6.61 Å². The van der Waals surface area contributed by atoms with Crippen LogP contribution in [0.25, 0.3) is 0 Å². The van der Waals surface area contributed by atoms with Crippen molar-refractivity contribution in [1.82, 2.24) is 4.90 Å². The van der Waals surface area contributed by atoms with Gasteiger partial charge in [0.05, 0.1) is 6.61 Å². The van der Waals surface area contributed by atoms with Gasteiger partial charge in [0, 0.05) is 18.3 Å². The van der Waals surface area contributed by atoms with E-state index in [9.17, 15) is 0 Å². The number of hydrogen-bond acceptors (Lipinski definition) is 3. The van der Waals surface area contributed by atoms with Crippen molar-refractivity contribution in [3.63, 3.8) is 0 Å². The summed E-state index contributed by atoms with van der Waals surface area (Å²) in [7, 11) is 2.18. The van der Waals surface area contributed by atoms with Crippen LogP contribution in [-0.4, -0.2) is 35.1 Å². The van der Waals surface area contributed by atoms with Gasteiger partial charge in [-0.15, -0.1) is 0 Å². The van der Waals surface area contributed by atoms with E-state index >= 15 is 0 Å². The van der Waals surface area contributed by atoms with Crippen molar-refractivity contribution in [2.45, 2.75) is 32.5 Å². The van der Waals surface area contributed by atoms with Crippen LogP contribution in [0, 0.1) is 0 Å². The van der Waals surface area contributed by atoms with Crippen LogP contribution < -0.4 is 0 Å². The van der Waals surface area contributed by atoms with Crippen molar-refractivity contribution in [3.8, 4) is 0 Å². The molecular weight excluding hydrogens is 230 g/mol. The Morgan fingerprint density at radius 2 is 1.82 bits per heavy atom. The molecule has 0 heterocycles. The van der Waals surface area contributed by atoms with Gasteiger partial charge in [-0.2, -0.15) is 11.8 Å². The molecule has 0 amide bonds. The highest BCUT2D eigenvalue weighted by Gasteiger charge is 2.11. The molecule has 1 unspecified atom stereocenters. The Bertz CT molecular complexity index is 313. The number of nitrogens with zero attached hydrogens (tertiary/aromatic N) is 1. The summed E-state index contributed by atoms with van der Waals surface area (Å²) in [4.78, 5) is 2.41. The normalized spacial score (nSPS) is 13.0. The zero-order chi connectivity index (χ0) is 12.7. The molecule has 96 valence electrons. The monoisotopic (exact) mass is 253 g/mol. The molecule has 3 heteroatoms. The van der Waals surface area contributed by atoms with Crippen molar-refractivity contribution in [3.05, 3.63) is 35.4 Å². The van der Waals surface area contributed by atoms with E-state index in [1.165, 1.54) is 17.7 Å². The largest absolute Gasteiger partial charge is 0.392 e. The van der Waals surface area contributed by atoms with Crippen LogP contribution in [0.3, 0.4) is 0 Å². The third kappa shape index (κ3) is 4.70. The smallest absolute Gasteiger partial charge is 0.0681 e. The van der Waals surface area contributed by atoms with Crippen LogP contribution in [0.15, 0.2) is 24.3 Å². The molecule has 0 radical (unpaired) electrons. The minimum atomic E-state index is 0.125. The van der Waals surface area contributed by atoms with Crippen LogP contribution in [0.2, 0.25) is 0 Å². The number of hydrogen-bond donors (Lipinski definition) is 1. The van der Waals surface area contributed by atoms with Gasteiger partial charge in [0.1, 0.15) is 0 Å². The second kappa shape index (κ2) is 7.75. The molecule has 1 aromatic rings. The van der Waals surface area contributed by atoms with Crippen LogP contribution in [0.1, 0.15) is 24.5 Å². The molecule has 0 saturated carbocycles. The molecule has 0 saturated heterocycles. The lowest BCUT2D eigenvalue weighted by Gasteiger charge is -2.26. The van der Waals surface area contributed by atoms with Crippen LogP contribution >= 0.6 is 11.8 Å². The van der Waals surface area contributed by atoms with E-state index < -0.39 is 0 Å². The van der Waals surface area contributed by atoms with E-state index in [0.717, 1.165) is 12.1 Å². The molecule has 1 N–H and O–H groups in total. The fourth-order valence-electron chi connectivity index (χ4n) is 1.92. The first-order valence-electron chi connectivity index (χ1n) is 6.09. The van der Waals surface area contributed by atoms with E-state index in [1.54, 1.807) is 0 Å². The molecule has 0 aliphatic heterocycles. The van der Waals surface area contributed by atoms with Gasteiger partial charge >= 0.3 is 0 Å². The average molecular weight is 253 g/mol. The second-order valence-electron chi connectivity index (χ2n) is 4.41. The SMILES string of the molecule is CCC(CSC)N(C)Cc1ccc(CO)cc1. The Balaban J connectivity index is 2.56. The summed E-state index contributed by atoms with van der Waals surface area (Å²) in [6.07, 6.45) is 3.35. The summed E-state index contributed by atoms with van der Waals surface area (Å²) in [5, 5.41) is 8.99. The highest BCUT2D eigenvalue weighted by Crippen LogP contribution is 2.13. The van der Waals surface area contributed by atoms with Crippen molar-refractivity contribution in [2.24, 2.45) is 0 Å². The van der Waals surface area contributed by atoms with Crippen molar-refractivity contribution < 1.29 is 5.11 Å². The topological polar surface area (TPSA) is 23.5 Å². The predicted octanol–water partition coefficient (Wildman–Crippen LogP) is 2.75. The Kier molecular flexibility index (Phi) is 6.63. The Hall–Kier alpha value is -0.510. The summed E-state index contributed by atoms with van der Waals surface area (Å²) in [5.41, 5.74) is 2.29. The van der Waals surface area contributed by atoms with E-state index in [1.807, 2.05) is 23.9 Å². The number of aliphatic hydroxyl groups excluding tert-OH is 1. The van der Waals surface area contributed by atoms with Gasteiger partial charge in [-0.3, -0.25) is 4.90 Å². The fraction of sp³-hybridized carbons (Fsp3) is 0.571. The Morgan fingerprint density at radius 3 is 2.29 bits per heavy atom.